The van der Waals surface area contributed by atoms with Crippen LogP contribution >= 0.6 is 23.2 Å². The monoisotopic (exact) mass is 456 g/mol. The first kappa shape index (κ1) is 22.1. The van der Waals surface area contributed by atoms with Crippen LogP contribution in [0.2, 0.25) is 10.0 Å². The van der Waals surface area contributed by atoms with Crippen LogP contribution in [-0.4, -0.2) is 44.9 Å². The smallest absolute Gasteiger partial charge is 0.253 e. The van der Waals surface area contributed by atoms with E-state index in [2.05, 4.69) is 5.32 Å². The van der Waals surface area contributed by atoms with Crippen LogP contribution in [-0.2, 0) is 14.8 Å². The number of sulfonamides is 1. The molecule has 29 heavy (non-hydrogen) atoms. The molecule has 0 aromatic heterocycles. The SMILES string of the molecule is CCC(NC(=O)c1cc(S(=O)(=O)N2CCOCC2)ccc1Cl)c1ccc(Cl)cc1. The van der Waals surface area contributed by atoms with Crippen LogP contribution in [0.5, 0.6) is 0 Å². The van der Waals surface area contributed by atoms with Gasteiger partial charge in [0.15, 0.2) is 0 Å². The Morgan fingerprint density at radius 2 is 1.79 bits per heavy atom. The van der Waals surface area contributed by atoms with E-state index in [1.165, 1.54) is 22.5 Å². The third-order valence-electron chi connectivity index (χ3n) is 4.78. The third-order valence-corrected chi connectivity index (χ3v) is 7.25. The lowest BCUT2D eigenvalue weighted by Crippen LogP contribution is -2.40. The average Bonchev–Trinajstić information content (AvgIpc) is 2.73. The second kappa shape index (κ2) is 9.45. The van der Waals surface area contributed by atoms with Crippen molar-refractivity contribution in [1.29, 1.82) is 0 Å². The molecule has 1 atom stereocenters. The lowest BCUT2D eigenvalue weighted by molar-refractivity contribution is 0.0730. The Bertz CT molecular complexity index is 974. The molecule has 1 aliphatic heterocycles. The quantitative estimate of drug-likeness (QED) is 0.714. The summed E-state index contributed by atoms with van der Waals surface area (Å²) in [5.74, 6) is -0.434. The van der Waals surface area contributed by atoms with Crippen LogP contribution in [0.3, 0.4) is 0 Å². The summed E-state index contributed by atoms with van der Waals surface area (Å²) < 4.78 is 32.3. The molecule has 1 saturated heterocycles. The molecule has 1 amide bonds. The number of hydrogen-bond donors (Lipinski definition) is 1. The molecule has 0 radical (unpaired) electrons. The van der Waals surface area contributed by atoms with Gasteiger partial charge in [-0.3, -0.25) is 4.79 Å². The highest BCUT2D eigenvalue weighted by Gasteiger charge is 2.28. The number of amides is 1. The maximum atomic E-state index is 12.9. The number of nitrogens with one attached hydrogen (secondary N) is 1. The van der Waals surface area contributed by atoms with E-state index in [-0.39, 0.29) is 34.6 Å². The van der Waals surface area contributed by atoms with Gasteiger partial charge in [0.25, 0.3) is 5.91 Å². The summed E-state index contributed by atoms with van der Waals surface area (Å²) in [7, 11) is -3.73. The van der Waals surface area contributed by atoms with Crippen LogP contribution < -0.4 is 5.32 Å². The molecule has 0 bridgehead atoms. The van der Waals surface area contributed by atoms with Crippen molar-refractivity contribution in [3.63, 3.8) is 0 Å². The van der Waals surface area contributed by atoms with E-state index in [0.29, 0.717) is 24.7 Å². The second-order valence-corrected chi connectivity index (χ2v) is 9.43. The minimum Gasteiger partial charge on any atom is -0.379 e. The molecule has 3 rings (SSSR count). The maximum Gasteiger partial charge on any atom is 0.253 e. The zero-order valence-corrected chi connectivity index (χ0v) is 18.2. The van der Waals surface area contributed by atoms with E-state index in [1.807, 2.05) is 19.1 Å². The highest BCUT2D eigenvalue weighted by atomic mass is 35.5. The lowest BCUT2D eigenvalue weighted by atomic mass is 10.0. The summed E-state index contributed by atoms with van der Waals surface area (Å²) in [5, 5.41) is 3.72. The van der Waals surface area contributed by atoms with Crippen LogP contribution in [0, 0.1) is 0 Å². The van der Waals surface area contributed by atoms with Gasteiger partial charge >= 0.3 is 0 Å². The number of ether oxygens (including phenoxy) is 1. The van der Waals surface area contributed by atoms with Gasteiger partial charge in [0.05, 0.1) is 34.7 Å². The first-order valence-electron chi connectivity index (χ1n) is 9.26. The summed E-state index contributed by atoms with van der Waals surface area (Å²) >= 11 is 12.1. The highest BCUT2D eigenvalue weighted by molar-refractivity contribution is 7.89. The molecule has 1 fully saturated rings. The zero-order valence-electron chi connectivity index (χ0n) is 15.9. The number of carbonyl (C=O) groups excluding carboxylic acids is 1. The largest absolute Gasteiger partial charge is 0.379 e. The van der Waals surface area contributed by atoms with Gasteiger partial charge in [-0.25, -0.2) is 8.42 Å². The predicted molar refractivity (Wildman–Crippen MR) is 113 cm³/mol. The highest BCUT2D eigenvalue weighted by Crippen LogP contribution is 2.25. The first-order chi connectivity index (χ1) is 13.8. The summed E-state index contributed by atoms with van der Waals surface area (Å²) in [6, 6.07) is 11.1. The average molecular weight is 457 g/mol. The van der Waals surface area contributed by atoms with Gasteiger partial charge < -0.3 is 10.1 Å². The molecule has 1 N–H and O–H groups in total. The number of nitrogens with zero attached hydrogens (tertiary/aromatic N) is 1. The van der Waals surface area contributed by atoms with Gasteiger partial charge in [-0.1, -0.05) is 42.3 Å². The predicted octanol–water partition coefficient (Wildman–Crippen LogP) is 3.90. The van der Waals surface area contributed by atoms with Crippen molar-refractivity contribution in [2.75, 3.05) is 26.3 Å². The molecule has 0 saturated carbocycles. The molecule has 1 aliphatic rings. The molecule has 2 aromatic carbocycles. The summed E-state index contributed by atoms with van der Waals surface area (Å²) in [6.07, 6.45) is 0.650. The van der Waals surface area contributed by atoms with E-state index < -0.39 is 15.9 Å². The minimum absolute atomic E-state index is 0.0356. The molecular weight excluding hydrogens is 435 g/mol. The van der Waals surface area contributed by atoms with Gasteiger partial charge in [0, 0.05) is 18.1 Å². The van der Waals surface area contributed by atoms with E-state index in [1.54, 1.807) is 12.1 Å². The van der Waals surface area contributed by atoms with Crippen LogP contribution in [0.25, 0.3) is 0 Å². The summed E-state index contributed by atoms with van der Waals surface area (Å²) in [5.41, 5.74) is 1.02. The van der Waals surface area contributed by atoms with Crippen LogP contribution in [0.1, 0.15) is 35.3 Å². The van der Waals surface area contributed by atoms with E-state index in [9.17, 15) is 13.2 Å². The molecule has 2 aromatic rings. The molecule has 9 heteroatoms. The maximum absolute atomic E-state index is 12.9. The number of hydrogen-bond acceptors (Lipinski definition) is 4. The van der Waals surface area contributed by atoms with E-state index in [4.69, 9.17) is 27.9 Å². The van der Waals surface area contributed by atoms with Crippen LogP contribution in [0.15, 0.2) is 47.4 Å². The number of morpholine rings is 1. The zero-order chi connectivity index (χ0) is 21.0. The van der Waals surface area contributed by atoms with Gasteiger partial charge in [-0.05, 0) is 42.3 Å². The fraction of sp³-hybridized carbons (Fsp3) is 0.350. The van der Waals surface area contributed by atoms with Crippen molar-refractivity contribution in [3.8, 4) is 0 Å². The van der Waals surface area contributed by atoms with Crippen molar-refractivity contribution >= 4 is 39.1 Å². The number of carbonyl (C=O) groups is 1. The minimum atomic E-state index is -3.73. The summed E-state index contributed by atoms with van der Waals surface area (Å²) in [4.78, 5) is 12.9. The standard InChI is InChI=1S/C20H22Cl2N2O4S/c1-2-19(14-3-5-15(21)6-4-14)23-20(25)17-13-16(7-8-18(17)22)29(26,27)24-9-11-28-12-10-24/h3-8,13,19H,2,9-12H2,1H3,(H,23,25). The first-order valence-corrected chi connectivity index (χ1v) is 11.5. The van der Waals surface area contributed by atoms with Gasteiger partial charge in [-0.15, -0.1) is 0 Å². The molecule has 6 nitrogen and oxygen atoms in total. The molecule has 0 spiro atoms. The number of rotatable bonds is 6. The van der Waals surface area contributed by atoms with Gasteiger partial charge in [-0.2, -0.15) is 4.31 Å². The summed E-state index contributed by atoms with van der Waals surface area (Å²) in [6.45, 7) is 3.20. The fourth-order valence-electron chi connectivity index (χ4n) is 3.13. The lowest BCUT2D eigenvalue weighted by Gasteiger charge is -2.26. The van der Waals surface area contributed by atoms with Crippen molar-refractivity contribution < 1.29 is 17.9 Å². The van der Waals surface area contributed by atoms with E-state index >= 15 is 0 Å². The molecule has 156 valence electrons. The molecule has 1 heterocycles. The van der Waals surface area contributed by atoms with Crippen molar-refractivity contribution in [1.82, 2.24) is 9.62 Å². The number of halogens is 2. The van der Waals surface area contributed by atoms with E-state index in [0.717, 1.165) is 5.56 Å². The van der Waals surface area contributed by atoms with Crippen molar-refractivity contribution in [2.24, 2.45) is 0 Å². The second-order valence-electron chi connectivity index (χ2n) is 6.64. The topological polar surface area (TPSA) is 75.7 Å². The Morgan fingerprint density at radius 1 is 1.14 bits per heavy atom. The van der Waals surface area contributed by atoms with Crippen molar-refractivity contribution in [2.45, 2.75) is 24.3 Å². The third kappa shape index (κ3) is 5.10. The molecular formula is C20H22Cl2N2O4S. The van der Waals surface area contributed by atoms with Gasteiger partial charge in [0.1, 0.15) is 0 Å². The fourth-order valence-corrected chi connectivity index (χ4v) is 4.89. The number of benzene rings is 2. The van der Waals surface area contributed by atoms with Crippen LogP contribution in [0.4, 0.5) is 0 Å². The Labute approximate surface area is 180 Å². The van der Waals surface area contributed by atoms with Gasteiger partial charge in [0.2, 0.25) is 10.0 Å². The normalized spacial score (nSPS) is 16.4. The molecule has 1 unspecified atom stereocenters. The molecule has 0 aliphatic carbocycles. The van der Waals surface area contributed by atoms with Crippen molar-refractivity contribution in [3.05, 3.63) is 63.6 Å². The Balaban J connectivity index is 1.85. The Kier molecular flexibility index (Phi) is 7.19. The Morgan fingerprint density at radius 3 is 2.41 bits per heavy atom. The Hall–Kier alpha value is -1.64.